The van der Waals surface area contributed by atoms with Crippen molar-refractivity contribution in [3.63, 3.8) is 0 Å². The average molecular weight is 736 g/mol. The quantitative estimate of drug-likeness (QED) is 0.191. The summed E-state index contributed by atoms with van der Waals surface area (Å²) in [6, 6.07) is 4.80. The van der Waals surface area contributed by atoms with E-state index < -0.39 is 92.0 Å². The Morgan fingerprint density at radius 3 is 1.95 bits per heavy atom. The van der Waals surface area contributed by atoms with Crippen molar-refractivity contribution in [1.29, 1.82) is 0 Å². The second-order valence-electron chi connectivity index (χ2n) is 8.90. The predicted molar refractivity (Wildman–Crippen MR) is 134 cm³/mol. The second kappa shape index (κ2) is 12.5. The van der Waals surface area contributed by atoms with Crippen molar-refractivity contribution in [3.8, 4) is 0 Å². The van der Waals surface area contributed by atoms with Gasteiger partial charge in [-0.2, -0.15) is 39.5 Å². The summed E-state index contributed by atoms with van der Waals surface area (Å²) in [5, 5.41) is 0. The highest BCUT2D eigenvalue weighted by Crippen LogP contribution is 2.41. The van der Waals surface area contributed by atoms with Crippen LogP contribution in [0.4, 0.5) is 43.9 Å². The lowest BCUT2D eigenvalue weighted by Gasteiger charge is -2.19. The fourth-order valence-corrected chi connectivity index (χ4v) is 6.71. The van der Waals surface area contributed by atoms with Crippen molar-refractivity contribution < 1.29 is 57.1 Å². The lowest BCUT2D eigenvalue weighted by molar-refractivity contribution is -0.140. The maximum Gasteiger partial charge on any atom is 0.417 e. The first-order valence-electron chi connectivity index (χ1n) is 10.9. The van der Waals surface area contributed by atoms with Crippen molar-refractivity contribution in [3.05, 3.63) is 73.7 Å². The van der Waals surface area contributed by atoms with Gasteiger partial charge >= 0.3 is 18.5 Å². The molecule has 0 amide bonds. The van der Waals surface area contributed by atoms with Gasteiger partial charge in [-0.15, -0.1) is 0 Å². The normalized spacial score (nSPS) is 15.2. The summed E-state index contributed by atoms with van der Waals surface area (Å²) in [5.41, 5.74) is -4.11. The molecule has 2 aromatic carbocycles. The molecule has 0 bridgehead atoms. The molecule has 0 fully saturated rings. The molecule has 0 aliphatic carbocycles. The number of hydrogen-bond acceptors (Lipinski definition) is 3. The van der Waals surface area contributed by atoms with Gasteiger partial charge in [0.25, 0.3) is 0 Å². The van der Waals surface area contributed by atoms with Crippen molar-refractivity contribution in [1.82, 2.24) is 0 Å². The highest BCUT2D eigenvalue weighted by molar-refractivity contribution is 9.11. The highest BCUT2D eigenvalue weighted by Gasteiger charge is 2.41. The molecule has 0 N–H and O–H groups in total. The maximum atomic E-state index is 15.0. The summed E-state index contributed by atoms with van der Waals surface area (Å²) in [6.07, 6.45) is -16.2. The van der Waals surface area contributed by atoms with Gasteiger partial charge in [-0.05, 0) is 41.8 Å². The number of rotatable bonds is 9. The smallest absolute Gasteiger partial charge is 0.294 e. The number of halogens is 12. The molecule has 0 heterocycles. The lowest BCUT2D eigenvalue weighted by Crippen LogP contribution is -2.28. The second-order valence-corrected chi connectivity index (χ2v) is 12.8. The molecule has 0 saturated heterocycles. The van der Waals surface area contributed by atoms with Crippen LogP contribution in [0.3, 0.4) is 0 Å². The molecule has 222 valence electrons. The van der Waals surface area contributed by atoms with Gasteiger partial charge in [0.15, 0.2) is 15.6 Å². The van der Waals surface area contributed by atoms with Crippen LogP contribution in [0.25, 0.3) is 5.83 Å². The summed E-state index contributed by atoms with van der Waals surface area (Å²) in [6.45, 7) is 1.05. The topological polar surface area (TPSA) is 51.2 Å². The number of benzene rings is 2. The van der Waals surface area contributed by atoms with Gasteiger partial charge in [0.1, 0.15) is 17.5 Å². The SMILES string of the molecule is C[C@@H](CC(=O)c1ccc(/C(F)=C/C(c2cc(Br)cc(Br)c2)C(F)(F)F)cc1C(F)(F)F)CS(=O)(=O)CC(F)(F)F. The van der Waals surface area contributed by atoms with Crippen molar-refractivity contribution in [2.75, 3.05) is 11.5 Å². The van der Waals surface area contributed by atoms with Crippen LogP contribution in [-0.4, -0.2) is 38.1 Å². The van der Waals surface area contributed by atoms with Crippen molar-refractivity contribution in [2.45, 2.75) is 37.8 Å². The van der Waals surface area contributed by atoms with E-state index in [1.54, 1.807) is 0 Å². The number of sulfone groups is 1. The molecule has 0 aliphatic rings. The van der Waals surface area contributed by atoms with E-state index in [1.165, 1.54) is 6.07 Å². The fourth-order valence-electron chi connectivity index (χ4n) is 3.77. The molecule has 16 heteroatoms. The van der Waals surface area contributed by atoms with E-state index in [0.29, 0.717) is 12.1 Å². The van der Waals surface area contributed by atoms with E-state index in [1.807, 2.05) is 0 Å². The molecule has 0 radical (unpaired) electrons. The minimum absolute atomic E-state index is 0.0821. The molecular formula is C24H18Br2F10O3S. The largest absolute Gasteiger partial charge is 0.417 e. The summed E-state index contributed by atoms with van der Waals surface area (Å²) in [5.74, 6) is -10.2. The van der Waals surface area contributed by atoms with Gasteiger partial charge in [0.05, 0.1) is 11.3 Å². The Kier molecular flexibility index (Phi) is 10.7. The highest BCUT2D eigenvalue weighted by atomic mass is 79.9. The first-order valence-corrected chi connectivity index (χ1v) is 14.3. The molecule has 1 unspecified atom stereocenters. The van der Waals surface area contributed by atoms with E-state index >= 15 is 0 Å². The Labute approximate surface area is 238 Å². The number of allylic oxidation sites excluding steroid dienone is 1. The summed E-state index contributed by atoms with van der Waals surface area (Å²) >= 11 is 6.01. The molecule has 0 aromatic heterocycles. The van der Waals surface area contributed by atoms with Crippen LogP contribution >= 0.6 is 31.9 Å². The van der Waals surface area contributed by atoms with Gasteiger partial charge in [-0.3, -0.25) is 4.79 Å². The van der Waals surface area contributed by atoms with Gasteiger partial charge < -0.3 is 0 Å². The summed E-state index contributed by atoms with van der Waals surface area (Å²) in [7, 11) is -4.73. The lowest BCUT2D eigenvalue weighted by atomic mass is 9.93. The predicted octanol–water partition coefficient (Wildman–Crippen LogP) is 9.07. The van der Waals surface area contributed by atoms with E-state index in [2.05, 4.69) is 31.9 Å². The van der Waals surface area contributed by atoms with E-state index in [-0.39, 0.29) is 21.1 Å². The first-order chi connectivity index (χ1) is 18.0. The Balaban J connectivity index is 2.44. The molecule has 40 heavy (non-hydrogen) atoms. The minimum Gasteiger partial charge on any atom is -0.294 e. The van der Waals surface area contributed by atoms with Crippen LogP contribution in [0.2, 0.25) is 0 Å². The van der Waals surface area contributed by atoms with Gasteiger partial charge in [-0.25, -0.2) is 12.8 Å². The van der Waals surface area contributed by atoms with Crippen LogP contribution < -0.4 is 0 Å². The Morgan fingerprint density at radius 1 is 0.925 bits per heavy atom. The monoisotopic (exact) mass is 734 g/mol. The van der Waals surface area contributed by atoms with Crippen molar-refractivity contribution in [2.24, 2.45) is 5.92 Å². The maximum absolute atomic E-state index is 15.0. The number of carbonyl (C=O) groups is 1. The molecule has 0 saturated carbocycles. The summed E-state index contributed by atoms with van der Waals surface area (Å²) < 4.78 is 158. The van der Waals surface area contributed by atoms with Crippen LogP contribution in [0.1, 0.15) is 46.3 Å². The zero-order chi connectivity index (χ0) is 30.8. The third kappa shape index (κ3) is 10.2. The van der Waals surface area contributed by atoms with Gasteiger partial charge in [0.2, 0.25) is 0 Å². The molecule has 0 spiro atoms. The van der Waals surface area contributed by atoms with Crippen molar-refractivity contribution >= 4 is 53.3 Å². The average Bonchev–Trinajstić information content (AvgIpc) is 2.72. The summed E-state index contributed by atoms with van der Waals surface area (Å²) in [4.78, 5) is 12.5. The number of ketones is 1. The molecular weight excluding hydrogens is 718 g/mol. The zero-order valence-electron chi connectivity index (χ0n) is 20.0. The number of carbonyl (C=O) groups excluding carboxylic acids is 1. The van der Waals surface area contributed by atoms with Crippen LogP contribution in [0.15, 0.2) is 51.4 Å². The Hall–Kier alpha value is -1.94. The van der Waals surface area contributed by atoms with Crippen LogP contribution in [0, 0.1) is 5.92 Å². The van der Waals surface area contributed by atoms with E-state index in [0.717, 1.165) is 19.1 Å². The number of hydrogen-bond donors (Lipinski definition) is 0. The third-order valence-electron chi connectivity index (χ3n) is 5.27. The number of Topliss-reactive ketones (excluding diaryl/α,β-unsaturated/α-hetero) is 1. The van der Waals surface area contributed by atoms with Gasteiger partial charge in [-0.1, -0.05) is 50.9 Å². The zero-order valence-corrected chi connectivity index (χ0v) is 24.0. The molecule has 2 atom stereocenters. The molecule has 2 aromatic rings. The first kappa shape index (κ1) is 34.3. The van der Waals surface area contributed by atoms with Crippen LogP contribution in [-0.2, 0) is 16.0 Å². The fraction of sp³-hybridized carbons (Fsp3) is 0.375. The standard InChI is InChI=1S/C24H18Br2F10O3S/c1-12(10-40(38,39)11-22(28,29)30)4-21(37)17-3-2-13(7-19(17)24(34,35)36)20(27)9-18(23(31,32)33)14-5-15(25)8-16(26)6-14/h2-3,5-9,12,18H,4,10-11H2,1H3/b20-9-/t12-,18?/m0/s1. The van der Waals surface area contributed by atoms with E-state index in [9.17, 15) is 57.1 Å². The molecule has 0 aliphatic heterocycles. The minimum atomic E-state index is -5.29. The third-order valence-corrected chi connectivity index (χ3v) is 8.03. The number of alkyl halides is 9. The molecule has 2 rings (SSSR count). The van der Waals surface area contributed by atoms with Crippen LogP contribution in [0.5, 0.6) is 0 Å². The molecule has 3 nitrogen and oxygen atoms in total. The van der Waals surface area contributed by atoms with E-state index in [4.69, 9.17) is 0 Å². The Morgan fingerprint density at radius 2 is 1.48 bits per heavy atom. The van der Waals surface area contributed by atoms with Gasteiger partial charge in [0, 0.05) is 26.5 Å². The Bertz CT molecular complexity index is 1360.